The van der Waals surface area contributed by atoms with Crippen LogP contribution in [0.15, 0.2) is 27.8 Å². The summed E-state index contributed by atoms with van der Waals surface area (Å²) in [7, 11) is 1.75. The van der Waals surface area contributed by atoms with E-state index in [-0.39, 0.29) is 18.2 Å². The Morgan fingerprint density at radius 3 is 2.59 bits per heavy atom. The molecule has 8 heteroatoms. The van der Waals surface area contributed by atoms with Gasteiger partial charge in [0.15, 0.2) is 5.96 Å². The first-order valence-corrected chi connectivity index (χ1v) is 10.7. The molecule has 2 rings (SSSR count). The molecule has 1 saturated heterocycles. The Morgan fingerprint density at radius 1 is 1.28 bits per heavy atom. The van der Waals surface area contributed by atoms with Gasteiger partial charge in [-0.15, -0.1) is 0 Å². The highest BCUT2D eigenvalue weighted by molar-refractivity contribution is 5.79. The predicted molar refractivity (Wildman–Crippen MR) is 115 cm³/mol. The van der Waals surface area contributed by atoms with Gasteiger partial charge in [0.2, 0.25) is 0 Å². The molecule has 1 aliphatic rings. The molecule has 164 valence electrons. The van der Waals surface area contributed by atoms with E-state index in [4.69, 9.17) is 9.15 Å². The van der Waals surface area contributed by atoms with Crippen LogP contribution in [-0.4, -0.2) is 62.8 Å². The topological polar surface area (TPSA) is 91.1 Å². The smallest absolute Gasteiger partial charge is 0.407 e. The van der Waals surface area contributed by atoms with Gasteiger partial charge in [0.05, 0.1) is 18.9 Å². The molecule has 0 radical (unpaired) electrons. The molecular weight excluding hydrogens is 370 g/mol. The standard InChI is InChI=1S/C21H37N5O3/c1-5-28-21(27)25-17(13-16(2)3)14-23-20(22-4)24-15-18(19-9-8-12-29-19)26-10-6-7-11-26/h8-9,12,16-18H,5-7,10-11,13-15H2,1-4H3,(H,25,27)(H2,22,23,24). The van der Waals surface area contributed by atoms with Gasteiger partial charge in [-0.2, -0.15) is 0 Å². The fourth-order valence-corrected chi connectivity index (χ4v) is 3.68. The molecule has 2 atom stereocenters. The minimum absolute atomic E-state index is 0.0351. The SMILES string of the molecule is CCOC(=O)NC(CNC(=NC)NCC(c1ccco1)N1CCCC1)CC(C)C. The number of nitrogens with zero attached hydrogens (tertiary/aromatic N) is 2. The lowest BCUT2D eigenvalue weighted by Crippen LogP contribution is -2.49. The number of hydrogen-bond donors (Lipinski definition) is 3. The molecule has 1 fully saturated rings. The molecule has 29 heavy (non-hydrogen) atoms. The molecule has 1 aromatic heterocycles. The van der Waals surface area contributed by atoms with Crippen molar-refractivity contribution in [3.05, 3.63) is 24.2 Å². The third-order valence-electron chi connectivity index (χ3n) is 5.01. The monoisotopic (exact) mass is 407 g/mol. The van der Waals surface area contributed by atoms with Crippen molar-refractivity contribution in [1.29, 1.82) is 0 Å². The first-order valence-electron chi connectivity index (χ1n) is 10.7. The molecule has 0 bridgehead atoms. The van der Waals surface area contributed by atoms with Gasteiger partial charge >= 0.3 is 6.09 Å². The lowest BCUT2D eigenvalue weighted by atomic mass is 10.0. The highest BCUT2D eigenvalue weighted by atomic mass is 16.5. The predicted octanol–water partition coefficient (Wildman–Crippen LogP) is 2.74. The Labute approximate surface area is 174 Å². The van der Waals surface area contributed by atoms with Gasteiger partial charge in [0.25, 0.3) is 0 Å². The molecule has 3 N–H and O–H groups in total. The van der Waals surface area contributed by atoms with Crippen molar-refractivity contribution in [2.75, 3.05) is 39.8 Å². The van der Waals surface area contributed by atoms with Gasteiger partial charge in [-0.3, -0.25) is 9.89 Å². The summed E-state index contributed by atoms with van der Waals surface area (Å²) in [5.74, 6) is 2.13. The van der Waals surface area contributed by atoms with Gasteiger partial charge in [-0.05, 0) is 57.3 Å². The van der Waals surface area contributed by atoms with E-state index in [1.54, 1.807) is 20.2 Å². The summed E-state index contributed by atoms with van der Waals surface area (Å²) >= 11 is 0. The van der Waals surface area contributed by atoms with Gasteiger partial charge in [-0.25, -0.2) is 4.79 Å². The number of aliphatic imine (C=N–C) groups is 1. The second kappa shape index (κ2) is 12.4. The maximum absolute atomic E-state index is 11.8. The molecule has 8 nitrogen and oxygen atoms in total. The summed E-state index contributed by atoms with van der Waals surface area (Å²) in [6.07, 6.45) is 4.64. The van der Waals surface area contributed by atoms with Crippen molar-refractivity contribution in [3.63, 3.8) is 0 Å². The molecule has 1 aliphatic heterocycles. The van der Waals surface area contributed by atoms with E-state index in [0.29, 0.717) is 31.6 Å². The average molecular weight is 408 g/mol. The van der Waals surface area contributed by atoms with E-state index in [1.807, 2.05) is 12.1 Å². The summed E-state index contributed by atoms with van der Waals surface area (Å²) in [4.78, 5) is 18.6. The van der Waals surface area contributed by atoms with Crippen molar-refractivity contribution in [2.24, 2.45) is 10.9 Å². The Balaban J connectivity index is 1.89. The molecule has 1 aromatic rings. The van der Waals surface area contributed by atoms with Crippen LogP contribution in [0, 0.1) is 5.92 Å². The number of hydrogen-bond acceptors (Lipinski definition) is 5. The maximum atomic E-state index is 11.8. The highest BCUT2D eigenvalue weighted by Gasteiger charge is 2.25. The number of amides is 1. The third-order valence-corrected chi connectivity index (χ3v) is 5.01. The van der Waals surface area contributed by atoms with Crippen LogP contribution in [0.1, 0.15) is 51.8 Å². The number of nitrogens with one attached hydrogen (secondary N) is 3. The molecule has 0 aromatic carbocycles. The lowest BCUT2D eigenvalue weighted by Gasteiger charge is -2.27. The van der Waals surface area contributed by atoms with E-state index in [2.05, 4.69) is 39.7 Å². The average Bonchev–Trinajstić information content (AvgIpc) is 3.38. The number of likely N-dealkylation sites (tertiary alicyclic amines) is 1. The van der Waals surface area contributed by atoms with Gasteiger partial charge in [0, 0.05) is 26.2 Å². The van der Waals surface area contributed by atoms with Gasteiger partial charge in [-0.1, -0.05) is 13.8 Å². The van der Waals surface area contributed by atoms with Gasteiger partial charge in [0.1, 0.15) is 5.76 Å². The van der Waals surface area contributed by atoms with Crippen LogP contribution in [0.25, 0.3) is 0 Å². The molecule has 0 spiro atoms. The minimum Gasteiger partial charge on any atom is -0.468 e. The van der Waals surface area contributed by atoms with Crippen molar-refractivity contribution in [3.8, 4) is 0 Å². The number of ether oxygens (including phenoxy) is 1. The Hall–Kier alpha value is -2.22. The van der Waals surface area contributed by atoms with Crippen LogP contribution in [-0.2, 0) is 4.74 Å². The molecular formula is C21H37N5O3. The lowest BCUT2D eigenvalue weighted by molar-refractivity contribution is 0.146. The normalized spacial score (nSPS) is 17.2. The second-order valence-corrected chi connectivity index (χ2v) is 7.80. The van der Waals surface area contributed by atoms with E-state index >= 15 is 0 Å². The molecule has 0 aliphatic carbocycles. The second-order valence-electron chi connectivity index (χ2n) is 7.80. The number of guanidine groups is 1. The first-order chi connectivity index (χ1) is 14.0. The summed E-state index contributed by atoms with van der Waals surface area (Å²) in [5, 5.41) is 9.68. The van der Waals surface area contributed by atoms with E-state index in [1.165, 1.54) is 12.8 Å². The minimum atomic E-state index is -0.380. The highest BCUT2D eigenvalue weighted by Crippen LogP contribution is 2.24. The van der Waals surface area contributed by atoms with Crippen LogP contribution in [0.4, 0.5) is 4.79 Å². The van der Waals surface area contributed by atoms with Crippen molar-refractivity contribution >= 4 is 12.1 Å². The van der Waals surface area contributed by atoms with Crippen molar-refractivity contribution in [2.45, 2.75) is 52.1 Å². The number of carbonyl (C=O) groups is 1. The third kappa shape index (κ3) is 7.97. The Morgan fingerprint density at radius 2 is 2.00 bits per heavy atom. The summed E-state index contributed by atoms with van der Waals surface area (Å²) in [6, 6.07) is 4.11. The van der Waals surface area contributed by atoms with Crippen LogP contribution in [0.2, 0.25) is 0 Å². The number of rotatable bonds is 10. The van der Waals surface area contributed by atoms with Crippen LogP contribution < -0.4 is 16.0 Å². The maximum Gasteiger partial charge on any atom is 0.407 e. The molecule has 2 heterocycles. The fraction of sp³-hybridized carbons (Fsp3) is 0.714. The summed E-state index contributed by atoms with van der Waals surface area (Å²) in [6.45, 7) is 9.88. The van der Waals surface area contributed by atoms with Crippen LogP contribution >= 0.6 is 0 Å². The largest absolute Gasteiger partial charge is 0.468 e. The molecule has 1 amide bonds. The van der Waals surface area contributed by atoms with E-state index in [0.717, 1.165) is 25.3 Å². The fourth-order valence-electron chi connectivity index (χ4n) is 3.68. The first kappa shape index (κ1) is 23.1. The van der Waals surface area contributed by atoms with Gasteiger partial charge < -0.3 is 25.1 Å². The zero-order valence-corrected chi connectivity index (χ0v) is 18.2. The zero-order chi connectivity index (χ0) is 21.1. The Bertz CT molecular complexity index is 612. The van der Waals surface area contributed by atoms with Crippen molar-refractivity contribution in [1.82, 2.24) is 20.9 Å². The van der Waals surface area contributed by atoms with Crippen molar-refractivity contribution < 1.29 is 13.9 Å². The number of alkyl carbamates (subject to hydrolysis) is 1. The van der Waals surface area contributed by atoms with E-state index < -0.39 is 0 Å². The molecule has 2 unspecified atom stereocenters. The van der Waals surface area contributed by atoms with Crippen LogP contribution in [0.3, 0.4) is 0 Å². The van der Waals surface area contributed by atoms with E-state index in [9.17, 15) is 4.79 Å². The Kier molecular flexibility index (Phi) is 9.83. The zero-order valence-electron chi connectivity index (χ0n) is 18.2. The summed E-state index contributed by atoms with van der Waals surface area (Å²) < 4.78 is 10.7. The van der Waals surface area contributed by atoms with Crippen LogP contribution in [0.5, 0.6) is 0 Å². The number of carbonyl (C=O) groups excluding carboxylic acids is 1. The molecule has 0 saturated carbocycles. The quantitative estimate of drug-likeness (QED) is 0.408. The number of furan rings is 1. The summed E-state index contributed by atoms with van der Waals surface area (Å²) in [5.41, 5.74) is 0.